The summed E-state index contributed by atoms with van der Waals surface area (Å²) in [6, 6.07) is 18.7. The van der Waals surface area contributed by atoms with Gasteiger partial charge in [-0.25, -0.2) is 0 Å². The van der Waals surface area contributed by atoms with Gasteiger partial charge in [0.05, 0.1) is 7.11 Å². The molecular weight excluding hydrogens is 504 g/mol. The minimum absolute atomic E-state index is 0.0644. The predicted molar refractivity (Wildman–Crippen MR) is 135 cm³/mol. The summed E-state index contributed by atoms with van der Waals surface area (Å²) >= 11 is 9.62. The molecular formula is C26H22BrClN2O3. The van der Waals surface area contributed by atoms with Gasteiger partial charge in [-0.1, -0.05) is 63.4 Å². The van der Waals surface area contributed by atoms with Crippen molar-refractivity contribution in [3.05, 3.63) is 91.9 Å². The first-order chi connectivity index (χ1) is 15.8. The number of ether oxygens (including phenoxy) is 2. The quantitative estimate of drug-likeness (QED) is 0.270. The molecule has 3 rings (SSSR count). The highest BCUT2D eigenvalue weighted by atomic mass is 79.9. The molecule has 3 aromatic rings. The zero-order valence-corrected chi connectivity index (χ0v) is 20.8. The number of benzene rings is 3. The number of halogens is 2. The van der Waals surface area contributed by atoms with Crippen LogP contribution in [0.15, 0.2) is 64.6 Å². The number of anilines is 1. The fourth-order valence-corrected chi connectivity index (χ4v) is 3.63. The Balaban J connectivity index is 1.83. The molecule has 1 N–H and O–H groups in total. The predicted octanol–water partition coefficient (Wildman–Crippen LogP) is 6.85. The van der Waals surface area contributed by atoms with Gasteiger partial charge in [0.2, 0.25) is 0 Å². The number of nitrogens with zero attached hydrogens (tertiary/aromatic N) is 1. The van der Waals surface area contributed by atoms with Crippen LogP contribution >= 0.6 is 27.5 Å². The van der Waals surface area contributed by atoms with E-state index in [4.69, 9.17) is 21.1 Å². The number of carbonyl (C=O) groups excluding carboxylic acids is 1. The molecule has 0 spiro atoms. The third-order valence-electron chi connectivity index (χ3n) is 4.98. The molecule has 0 atom stereocenters. The van der Waals surface area contributed by atoms with Gasteiger partial charge in [0.1, 0.15) is 18.2 Å². The molecule has 0 aliphatic rings. The molecule has 0 aliphatic carbocycles. The van der Waals surface area contributed by atoms with E-state index in [1.165, 1.54) is 18.7 Å². The highest BCUT2D eigenvalue weighted by molar-refractivity contribution is 9.10. The highest BCUT2D eigenvalue weighted by Gasteiger charge is 2.15. The summed E-state index contributed by atoms with van der Waals surface area (Å²) in [6.07, 6.45) is 1.49. The first-order valence-corrected chi connectivity index (χ1v) is 11.2. The van der Waals surface area contributed by atoms with Crippen LogP contribution in [0, 0.1) is 25.2 Å². The van der Waals surface area contributed by atoms with Crippen LogP contribution in [0.25, 0.3) is 6.08 Å². The third kappa shape index (κ3) is 6.16. The van der Waals surface area contributed by atoms with Crippen LogP contribution in [-0.2, 0) is 11.4 Å². The van der Waals surface area contributed by atoms with Crippen LogP contribution in [0.1, 0.15) is 22.3 Å². The molecule has 0 saturated carbocycles. The lowest BCUT2D eigenvalue weighted by atomic mass is 10.1. The average Bonchev–Trinajstić information content (AvgIpc) is 2.81. The molecule has 3 aromatic carbocycles. The van der Waals surface area contributed by atoms with Gasteiger partial charge in [0.15, 0.2) is 11.5 Å². The number of methoxy groups -OCH3 is 1. The van der Waals surface area contributed by atoms with Crippen molar-refractivity contribution >= 4 is 45.2 Å². The number of nitrogens with one attached hydrogen (secondary N) is 1. The van der Waals surface area contributed by atoms with E-state index in [-0.39, 0.29) is 5.57 Å². The number of carbonyl (C=O) groups is 1. The molecule has 33 heavy (non-hydrogen) atoms. The first-order valence-electron chi connectivity index (χ1n) is 10.1. The second-order valence-corrected chi connectivity index (χ2v) is 8.60. The van der Waals surface area contributed by atoms with Gasteiger partial charge in [-0.2, -0.15) is 5.26 Å². The van der Waals surface area contributed by atoms with Gasteiger partial charge in [0, 0.05) is 15.2 Å². The summed E-state index contributed by atoms with van der Waals surface area (Å²) in [5, 5.41) is 12.9. The smallest absolute Gasteiger partial charge is 0.266 e. The summed E-state index contributed by atoms with van der Waals surface area (Å²) in [7, 11) is 1.54. The Kier molecular flexibility index (Phi) is 8.16. The van der Waals surface area contributed by atoms with E-state index < -0.39 is 5.91 Å². The van der Waals surface area contributed by atoms with Crippen LogP contribution in [0.4, 0.5) is 5.69 Å². The van der Waals surface area contributed by atoms with Crippen molar-refractivity contribution in [1.29, 1.82) is 5.26 Å². The van der Waals surface area contributed by atoms with Gasteiger partial charge in [-0.15, -0.1) is 0 Å². The normalized spacial score (nSPS) is 11.0. The third-order valence-corrected chi connectivity index (χ3v) is 6.07. The minimum Gasteiger partial charge on any atom is -0.493 e. The maximum absolute atomic E-state index is 12.7. The van der Waals surface area contributed by atoms with E-state index in [9.17, 15) is 10.1 Å². The van der Waals surface area contributed by atoms with Crippen LogP contribution < -0.4 is 14.8 Å². The Bertz CT molecular complexity index is 1250. The molecule has 0 saturated heterocycles. The lowest BCUT2D eigenvalue weighted by Crippen LogP contribution is -2.14. The summed E-state index contributed by atoms with van der Waals surface area (Å²) in [5.41, 5.74) is 4.02. The van der Waals surface area contributed by atoms with Crippen LogP contribution in [0.2, 0.25) is 5.02 Å². The van der Waals surface area contributed by atoms with E-state index in [0.29, 0.717) is 38.9 Å². The molecule has 0 unspecified atom stereocenters. The van der Waals surface area contributed by atoms with Crippen molar-refractivity contribution in [1.82, 2.24) is 0 Å². The molecule has 0 radical (unpaired) electrons. The van der Waals surface area contributed by atoms with Gasteiger partial charge in [-0.05, 0) is 60.9 Å². The number of aryl methyl sites for hydroxylation is 1. The standard InChI is InChI=1S/C26H22BrClN2O3/c1-16-7-9-18(10-8-16)15-33-25-13-21(27)19(12-24(25)32-3)11-20(14-29)26(31)30-23-6-4-5-22(28)17(23)2/h4-13H,15H2,1-3H3,(H,30,31)/b20-11+. The fraction of sp³-hybridized carbons (Fsp3) is 0.154. The Morgan fingerprint density at radius 1 is 1.15 bits per heavy atom. The molecule has 1 amide bonds. The highest BCUT2D eigenvalue weighted by Crippen LogP contribution is 2.35. The average molecular weight is 526 g/mol. The van der Waals surface area contributed by atoms with Crippen molar-refractivity contribution in [2.45, 2.75) is 20.5 Å². The number of hydrogen-bond acceptors (Lipinski definition) is 4. The van der Waals surface area contributed by atoms with Gasteiger partial charge in [-0.3, -0.25) is 4.79 Å². The minimum atomic E-state index is -0.534. The van der Waals surface area contributed by atoms with Gasteiger partial charge >= 0.3 is 0 Å². The van der Waals surface area contributed by atoms with Crippen LogP contribution in [0.5, 0.6) is 11.5 Å². The van der Waals surface area contributed by atoms with Gasteiger partial charge < -0.3 is 14.8 Å². The summed E-state index contributed by atoms with van der Waals surface area (Å²) in [6.45, 7) is 4.20. The van der Waals surface area contributed by atoms with Crippen molar-refractivity contribution in [2.75, 3.05) is 12.4 Å². The summed E-state index contributed by atoms with van der Waals surface area (Å²) in [5.74, 6) is 0.494. The Morgan fingerprint density at radius 2 is 1.88 bits per heavy atom. The molecule has 0 aromatic heterocycles. The van der Waals surface area contributed by atoms with Crippen LogP contribution in [-0.4, -0.2) is 13.0 Å². The fourth-order valence-electron chi connectivity index (χ4n) is 3.02. The number of hydrogen-bond donors (Lipinski definition) is 1. The van der Waals surface area contributed by atoms with Crippen molar-refractivity contribution < 1.29 is 14.3 Å². The lowest BCUT2D eigenvalue weighted by Gasteiger charge is -2.13. The maximum Gasteiger partial charge on any atom is 0.266 e. The van der Waals surface area contributed by atoms with E-state index in [2.05, 4.69) is 21.2 Å². The van der Waals surface area contributed by atoms with Crippen molar-refractivity contribution in [2.24, 2.45) is 0 Å². The molecule has 0 fully saturated rings. The second kappa shape index (κ2) is 11.0. The van der Waals surface area contributed by atoms with Crippen LogP contribution in [0.3, 0.4) is 0 Å². The Hall–Kier alpha value is -3.27. The zero-order chi connectivity index (χ0) is 24.0. The maximum atomic E-state index is 12.7. The number of rotatable bonds is 7. The van der Waals surface area contributed by atoms with Gasteiger partial charge in [0.25, 0.3) is 5.91 Å². The Labute approximate surface area is 206 Å². The topological polar surface area (TPSA) is 71.3 Å². The van der Waals surface area contributed by atoms with E-state index in [1.807, 2.05) is 37.3 Å². The summed E-state index contributed by atoms with van der Waals surface area (Å²) in [4.78, 5) is 12.7. The number of nitriles is 1. The van der Waals surface area contributed by atoms with Crippen molar-refractivity contribution in [3.8, 4) is 17.6 Å². The first kappa shape index (κ1) is 24.4. The molecule has 7 heteroatoms. The number of amides is 1. The molecule has 168 valence electrons. The van der Waals surface area contributed by atoms with Crippen molar-refractivity contribution in [3.63, 3.8) is 0 Å². The molecule has 0 aliphatic heterocycles. The Morgan fingerprint density at radius 3 is 2.55 bits per heavy atom. The monoisotopic (exact) mass is 524 g/mol. The van der Waals surface area contributed by atoms with E-state index in [0.717, 1.165) is 11.1 Å². The second-order valence-electron chi connectivity index (χ2n) is 7.34. The SMILES string of the molecule is COc1cc(/C=C(\C#N)C(=O)Nc2cccc(Cl)c2C)c(Br)cc1OCc1ccc(C)cc1. The van der Waals surface area contributed by atoms with E-state index in [1.54, 1.807) is 37.3 Å². The zero-order valence-electron chi connectivity index (χ0n) is 18.4. The lowest BCUT2D eigenvalue weighted by molar-refractivity contribution is -0.112. The molecule has 5 nitrogen and oxygen atoms in total. The largest absolute Gasteiger partial charge is 0.493 e. The molecule has 0 bridgehead atoms. The summed E-state index contributed by atoms with van der Waals surface area (Å²) < 4.78 is 12.1. The molecule has 0 heterocycles. The van der Waals surface area contributed by atoms with E-state index >= 15 is 0 Å².